The maximum absolute atomic E-state index is 13.0. The smallest absolute Gasteiger partial charge is 0.255 e. The lowest BCUT2D eigenvalue weighted by Crippen LogP contribution is -2.40. The first kappa shape index (κ1) is 22.8. The number of sulfonamides is 1. The molecular formula is C23H21ClN2O4S2. The summed E-state index contributed by atoms with van der Waals surface area (Å²) in [6, 6.07) is 21.6. The zero-order valence-electron chi connectivity index (χ0n) is 17.0. The maximum Gasteiger partial charge on any atom is 0.255 e. The van der Waals surface area contributed by atoms with Crippen LogP contribution >= 0.6 is 23.4 Å². The van der Waals surface area contributed by atoms with Crippen LogP contribution < -0.4 is 5.32 Å². The molecule has 166 valence electrons. The fourth-order valence-corrected chi connectivity index (χ4v) is 6.07. The molecule has 0 aliphatic carbocycles. The van der Waals surface area contributed by atoms with Gasteiger partial charge in [0.25, 0.3) is 5.91 Å². The van der Waals surface area contributed by atoms with Gasteiger partial charge in [0, 0.05) is 28.4 Å². The molecule has 0 bridgehead atoms. The molecule has 1 aliphatic rings. The summed E-state index contributed by atoms with van der Waals surface area (Å²) in [5.41, 5.74) is 0.847. The number of nitrogens with zero attached hydrogens (tertiary/aromatic N) is 1. The van der Waals surface area contributed by atoms with Gasteiger partial charge in [-0.25, -0.2) is 8.42 Å². The van der Waals surface area contributed by atoms with Crippen molar-refractivity contribution >= 4 is 45.0 Å². The molecule has 1 aliphatic heterocycles. The van der Waals surface area contributed by atoms with Gasteiger partial charge in [-0.05, 0) is 42.5 Å². The minimum Gasteiger partial charge on any atom is -0.379 e. The molecule has 1 heterocycles. The van der Waals surface area contributed by atoms with Crippen LogP contribution in [0.5, 0.6) is 0 Å². The molecular weight excluding hydrogens is 468 g/mol. The summed E-state index contributed by atoms with van der Waals surface area (Å²) in [6.45, 7) is 1.15. The molecule has 0 saturated carbocycles. The minimum atomic E-state index is -3.83. The lowest BCUT2D eigenvalue weighted by atomic mass is 10.2. The second kappa shape index (κ2) is 10.1. The molecule has 32 heavy (non-hydrogen) atoms. The molecule has 9 heteroatoms. The highest BCUT2D eigenvalue weighted by molar-refractivity contribution is 7.99. The lowest BCUT2D eigenvalue weighted by Gasteiger charge is -2.26. The van der Waals surface area contributed by atoms with Gasteiger partial charge in [-0.15, -0.1) is 0 Å². The number of hydrogen-bond acceptors (Lipinski definition) is 5. The number of para-hydroxylation sites is 1. The van der Waals surface area contributed by atoms with E-state index in [1.807, 2.05) is 54.6 Å². The Kier molecular flexibility index (Phi) is 7.17. The van der Waals surface area contributed by atoms with Crippen molar-refractivity contribution in [2.24, 2.45) is 0 Å². The third-order valence-electron chi connectivity index (χ3n) is 4.89. The van der Waals surface area contributed by atoms with E-state index in [0.29, 0.717) is 18.9 Å². The molecule has 3 aromatic carbocycles. The Morgan fingerprint density at radius 3 is 2.41 bits per heavy atom. The Labute approximate surface area is 196 Å². The third-order valence-corrected chi connectivity index (χ3v) is 8.35. The van der Waals surface area contributed by atoms with E-state index in [1.54, 1.807) is 0 Å². The molecule has 0 spiro atoms. The number of amides is 1. The van der Waals surface area contributed by atoms with E-state index in [-0.39, 0.29) is 28.6 Å². The largest absolute Gasteiger partial charge is 0.379 e. The quantitative estimate of drug-likeness (QED) is 0.541. The highest BCUT2D eigenvalue weighted by Gasteiger charge is 2.29. The Hall–Kier alpha value is -2.36. The Morgan fingerprint density at radius 1 is 0.969 bits per heavy atom. The molecule has 1 saturated heterocycles. The highest BCUT2D eigenvalue weighted by atomic mass is 35.5. The zero-order chi connectivity index (χ0) is 22.6. The predicted octanol–water partition coefficient (Wildman–Crippen LogP) is 4.76. The zero-order valence-corrected chi connectivity index (χ0v) is 19.4. The van der Waals surface area contributed by atoms with Crippen molar-refractivity contribution in [3.05, 3.63) is 83.4 Å². The Morgan fingerprint density at radius 2 is 1.66 bits per heavy atom. The van der Waals surface area contributed by atoms with Gasteiger partial charge in [-0.1, -0.05) is 53.7 Å². The number of halogens is 1. The molecule has 0 radical (unpaired) electrons. The average Bonchev–Trinajstić information content (AvgIpc) is 2.82. The first-order valence-corrected chi connectivity index (χ1v) is 12.6. The van der Waals surface area contributed by atoms with E-state index in [9.17, 15) is 13.2 Å². The predicted molar refractivity (Wildman–Crippen MR) is 126 cm³/mol. The molecule has 0 atom stereocenters. The van der Waals surface area contributed by atoms with E-state index >= 15 is 0 Å². The van der Waals surface area contributed by atoms with Gasteiger partial charge in [0.1, 0.15) is 4.90 Å². The second-order valence-corrected chi connectivity index (χ2v) is 10.5. The Balaban J connectivity index is 1.58. The van der Waals surface area contributed by atoms with Crippen molar-refractivity contribution in [2.75, 3.05) is 31.6 Å². The van der Waals surface area contributed by atoms with Crippen molar-refractivity contribution in [1.29, 1.82) is 0 Å². The number of anilines is 1. The fourth-order valence-electron chi connectivity index (χ4n) is 3.24. The fraction of sp³-hybridized carbons (Fsp3) is 0.174. The molecule has 1 N–H and O–H groups in total. The van der Waals surface area contributed by atoms with Gasteiger partial charge >= 0.3 is 0 Å². The summed E-state index contributed by atoms with van der Waals surface area (Å²) in [6.07, 6.45) is 0. The summed E-state index contributed by atoms with van der Waals surface area (Å²) in [5, 5.41) is 2.97. The number of morpholine rings is 1. The van der Waals surface area contributed by atoms with Crippen LogP contribution in [0.15, 0.2) is 87.5 Å². The van der Waals surface area contributed by atoms with Crippen LogP contribution in [0.25, 0.3) is 0 Å². The van der Waals surface area contributed by atoms with Crippen molar-refractivity contribution < 1.29 is 17.9 Å². The Bertz CT molecular complexity index is 1210. The molecule has 0 unspecified atom stereocenters. The van der Waals surface area contributed by atoms with Crippen molar-refractivity contribution in [3.8, 4) is 0 Å². The van der Waals surface area contributed by atoms with Gasteiger partial charge < -0.3 is 10.1 Å². The van der Waals surface area contributed by atoms with Gasteiger partial charge in [-0.3, -0.25) is 4.79 Å². The van der Waals surface area contributed by atoms with Gasteiger partial charge in [-0.2, -0.15) is 4.31 Å². The number of rotatable bonds is 6. The lowest BCUT2D eigenvalue weighted by molar-refractivity contribution is 0.0730. The SMILES string of the molecule is O=C(Nc1ccccc1Sc1ccccc1)c1ccc(Cl)c(S(=O)(=O)N2CCOCC2)c1. The first-order chi connectivity index (χ1) is 15.4. The number of carbonyl (C=O) groups is 1. The summed E-state index contributed by atoms with van der Waals surface area (Å²) in [5.74, 6) is -0.416. The summed E-state index contributed by atoms with van der Waals surface area (Å²) in [4.78, 5) is 14.8. The third kappa shape index (κ3) is 5.16. The van der Waals surface area contributed by atoms with E-state index < -0.39 is 15.9 Å². The summed E-state index contributed by atoms with van der Waals surface area (Å²) < 4.78 is 32.7. The van der Waals surface area contributed by atoms with Crippen LogP contribution in [0.2, 0.25) is 5.02 Å². The standard InChI is InChI=1S/C23H21ClN2O4S2/c24-19-11-10-17(16-22(19)32(28,29)26-12-14-30-15-13-26)23(27)25-20-8-4-5-9-21(20)31-18-6-2-1-3-7-18/h1-11,16H,12-15H2,(H,25,27). The summed E-state index contributed by atoms with van der Waals surface area (Å²) in [7, 11) is -3.83. The van der Waals surface area contributed by atoms with Crippen LogP contribution in [-0.2, 0) is 14.8 Å². The molecule has 6 nitrogen and oxygen atoms in total. The van der Waals surface area contributed by atoms with Crippen LogP contribution in [0.1, 0.15) is 10.4 Å². The van der Waals surface area contributed by atoms with E-state index in [0.717, 1.165) is 9.79 Å². The minimum absolute atomic E-state index is 0.0769. The normalized spacial score (nSPS) is 14.8. The topological polar surface area (TPSA) is 75.7 Å². The van der Waals surface area contributed by atoms with Gasteiger partial charge in [0.2, 0.25) is 10.0 Å². The van der Waals surface area contributed by atoms with Crippen molar-refractivity contribution in [3.63, 3.8) is 0 Å². The van der Waals surface area contributed by atoms with Crippen LogP contribution in [0, 0.1) is 0 Å². The second-order valence-electron chi connectivity index (χ2n) is 7.03. The highest BCUT2D eigenvalue weighted by Crippen LogP contribution is 2.34. The van der Waals surface area contributed by atoms with Crippen molar-refractivity contribution in [2.45, 2.75) is 14.7 Å². The molecule has 1 amide bonds. The van der Waals surface area contributed by atoms with Crippen LogP contribution in [-0.4, -0.2) is 44.9 Å². The number of ether oxygens (including phenoxy) is 1. The number of carbonyl (C=O) groups excluding carboxylic acids is 1. The summed E-state index contributed by atoms with van der Waals surface area (Å²) >= 11 is 7.74. The van der Waals surface area contributed by atoms with Crippen molar-refractivity contribution in [1.82, 2.24) is 4.31 Å². The van der Waals surface area contributed by atoms with Gasteiger partial charge in [0.15, 0.2) is 0 Å². The molecule has 1 fully saturated rings. The monoisotopic (exact) mass is 488 g/mol. The molecule has 0 aromatic heterocycles. The number of nitrogens with one attached hydrogen (secondary N) is 1. The first-order valence-electron chi connectivity index (χ1n) is 9.96. The molecule has 3 aromatic rings. The van der Waals surface area contributed by atoms with Gasteiger partial charge in [0.05, 0.1) is 23.9 Å². The molecule has 4 rings (SSSR count). The van der Waals surface area contributed by atoms with Crippen LogP contribution in [0.3, 0.4) is 0 Å². The van der Waals surface area contributed by atoms with E-state index in [4.69, 9.17) is 16.3 Å². The number of hydrogen-bond donors (Lipinski definition) is 1. The van der Waals surface area contributed by atoms with E-state index in [2.05, 4.69) is 5.32 Å². The maximum atomic E-state index is 13.0. The number of benzene rings is 3. The average molecular weight is 489 g/mol. The van der Waals surface area contributed by atoms with Crippen LogP contribution in [0.4, 0.5) is 5.69 Å². The van der Waals surface area contributed by atoms with E-state index in [1.165, 1.54) is 34.3 Å².